The number of piperidine rings is 1. The fourth-order valence-corrected chi connectivity index (χ4v) is 5.18. The van der Waals surface area contributed by atoms with Gasteiger partial charge in [-0.15, -0.1) is 17.0 Å². The summed E-state index contributed by atoms with van der Waals surface area (Å²) in [5.41, 5.74) is 4.71. The van der Waals surface area contributed by atoms with E-state index in [2.05, 4.69) is 5.43 Å². The maximum atomic E-state index is 12.9. The van der Waals surface area contributed by atoms with Crippen molar-refractivity contribution in [2.24, 2.45) is 0 Å². The van der Waals surface area contributed by atoms with E-state index < -0.39 is 15.9 Å². The van der Waals surface area contributed by atoms with Crippen LogP contribution in [0.1, 0.15) is 40.7 Å². The second-order valence-electron chi connectivity index (χ2n) is 7.03. The minimum Gasteiger partial charge on any atom is -0.283 e. The first-order chi connectivity index (χ1) is 13.5. The highest BCUT2D eigenvalue weighted by Gasteiger charge is 2.28. The van der Waals surface area contributed by atoms with Crippen molar-refractivity contribution in [1.82, 2.24) is 14.7 Å². The first-order valence-electron chi connectivity index (χ1n) is 9.32. The molecule has 2 aliphatic heterocycles. The smallest absolute Gasteiger partial charge is 0.269 e. The zero-order chi connectivity index (χ0) is 19.7. The van der Waals surface area contributed by atoms with Crippen LogP contribution in [0, 0.1) is 5.41 Å². The Morgan fingerprint density at radius 1 is 1.00 bits per heavy atom. The molecule has 1 fully saturated rings. The summed E-state index contributed by atoms with van der Waals surface area (Å²) in [4.78, 5) is 12.8. The van der Waals surface area contributed by atoms with Crippen LogP contribution in [0.5, 0.6) is 0 Å². The summed E-state index contributed by atoms with van der Waals surface area (Å²) in [6, 6.07) is 13.6. The first-order valence-corrected chi connectivity index (χ1v) is 10.8. The summed E-state index contributed by atoms with van der Waals surface area (Å²) in [6.07, 6.45) is 2.76. The van der Waals surface area contributed by atoms with Gasteiger partial charge in [0.25, 0.3) is 5.91 Å². The van der Waals surface area contributed by atoms with E-state index in [4.69, 9.17) is 5.41 Å². The van der Waals surface area contributed by atoms with Crippen molar-refractivity contribution in [2.75, 3.05) is 13.1 Å². The van der Waals surface area contributed by atoms with Gasteiger partial charge in [0.1, 0.15) is 5.84 Å². The molecule has 2 heterocycles. The number of amidine groups is 1. The van der Waals surface area contributed by atoms with Gasteiger partial charge in [-0.2, -0.15) is 4.31 Å². The highest BCUT2D eigenvalue weighted by Crippen LogP contribution is 2.23. The number of amides is 1. The van der Waals surface area contributed by atoms with Gasteiger partial charge in [0.05, 0.1) is 11.4 Å². The van der Waals surface area contributed by atoms with Crippen LogP contribution >= 0.6 is 17.0 Å². The van der Waals surface area contributed by atoms with Gasteiger partial charge in [-0.25, -0.2) is 8.42 Å². The van der Waals surface area contributed by atoms with Crippen LogP contribution in [0.2, 0.25) is 0 Å². The largest absolute Gasteiger partial charge is 0.283 e. The lowest BCUT2D eigenvalue weighted by Crippen LogP contribution is -2.42. The van der Waals surface area contributed by atoms with Gasteiger partial charge >= 0.3 is 0 Å². The fraction of sp³-hybridized carbons (Fsp3) is 0.300. The number of hydrogen-bond donors (Lipinski definition) is 2. The van der Waals surface area contributed by atoms with Crippen LogP contribution in [-0.4, -0.2) is 42.6 Å². The molecule has 0 atom stereocenters. The number of hydrazine groups is 1. The summed E-state index contributed by atoms with van der Waals surface area (Å²) < 4.78 is 27.2. The lowest BCUT2D eigenvalue weighted by molar-refractivity contribution is 0.0869. The summed E-state index contributed by atoms with van der Waals surface area (Å²) in [7, 11) is -3.60. The van der Waals surface area contributed by atoms with Gasteiger partial charge in [0.15, 0.2) is 0 Å². The lowest BCUT2D eigenvalue weighted by Gasteiger charge is -2.26. The van der Waals surface area contributed by atoms with Crippen molar-refractivity contribution in [2.45, 2.75) is 30.7 Å². The van der Waals surface area contributed by atoms with Crippen LogP contribution in [-0.2, 0) is 16.6 Å². The van der Waals surface area contributed by atoms with Gasteiger partial charge in [0, 0.05) is 24.2 Å². The Morgan fingerprint density at radius 3 is 2.45 bits per heavy atom. The van der Waals surface area contributed by atoms with Gasteiger partial charge in [-0.05, 0) is 36.6 Å². The standard InChI is InChI=1S/C20H22N4O3S.BrH/c21-19-18-10-3-2-7-16(18)14-24(19)22-20(25)15-8-6-9-17(13-15)28(26,27)23-11-4-1-5-12-23;/h2-3,6-10,13,21H,1,4-5,11-12,14H2,(H,22,25);1H. The van der Waals surface area contributed by atoms with Gasteiger partial charge in [0.2, 0.25) is 10.0 Å². The highest BCUT2D eigenvalue weighted by molar-refractivity contribution is 8.93. The second kappa shape index (κ2) is 8.64. The molecule has 0 radical (unpaired) electrons. The number of rotatable bonds is 4. The van der Waals surface area contributed by atoms with E-state index in [1.54, 1.807) is 12.1 Å². The number of carbonyl (C=O) groups excluding carboxylic acids is 1. The van der Waals surface area contributed by atoms with Crippen molar-refractivity contribution >= 4 is 38.7 Å². The Hall–Kier alpha value is -2.23. The molecule has 2 aliphatic rings. The SMILES string of the molecule is Br.N=C1c2ccccc2CN1NC(=O)c1cccc(S(=O)(=O)N2CCCCC2)c1. The van der Waals surface area contributed by atoms with E-state index in [1.165, 1.54) is 21.4 Å². The molecule has 154 valence electrons. The van der Waals surface area contributed by atoms with E-state index in [0.29, 0.717) is 19.6 Å². The number of fused-ring (bicyclic) bond motifs is 1. The molecule has 29 heavy (non-hydrogen) atoms. The highest BCUT2D eigenvalue weighted by atomic mass is 79.9. The van der Waals surface area contributed by atoms with E-state index in [-0.39, 0.29) is 33.3 Å². The Bertz CT molecular complexity index is 1040. The quantitative estimate of drug-likeness (QED) is 0.706. The summed E-state index contributed by atoms with van der Waals surface area (Å²) in [6.45, 7) is 1.44. The number of nitrogens with zero attached hydrogens (tertiary/aromatic N) is 2. The number of benzene rings is 2. The molecule has 2 aromatic carbocycles. The van der Waals surface area contributed by atoms with E-state index in [1.807, 2.05) is 24.3 Å². The van der Waals surface area contributed by atoms with Crippen molar-refractivity contribution in [3.63, 3.8) is 0 Å². The average Bonchev–Trinajstić information content (AvgIpc) is 3.04. The van der Waals surface area contributed by atoms with Gasteiger partial charge < -0.3 is 0 Å². The van der Waals surface area contributed by atoms with Crippen molar-refractivity contribution < 1.29 is 13.2 Å². The van der Waals surface area contributed by atoms with E-state index >= 15 is 0 Å². The fourth-order valence-electron chi connectivity index (χ4n) is 3.62. The molecule has 0 spiro atoms. The third-order valence-electron chi connectivity index (χ3n) is 5.16. The first kappa shape index (κ1) is 21.5. The van der Waals surface area contributed by atoms with Gasteiger partial charge in [-0.1, -0.05) is 36.8 Å². The van der Waals surface area contributed by atoms with Crippen LogP contribution in [0.15, 0.2) is 53.4 Å². The molecule has 1 amide bonds. The maximum absolute atomic E-state index is 12.9. The van der Waals surface area contributed by atoms with Crippen LogP contribution < -0.4 is 5.43 Å². The third kappa shape index (κ3) is 4.22. The molecule has 2 N–H and O–H groups in total. The van der Waals surface area contributed by atoms with Crippen molar-refractivity contribution in [3.8, 4) is 0 Å². The van der Waals surface area contributed by atoms with E-state index in [9.17, 15) is 13.2 Å². The average molecular weight is 479 g/mol. The Balaban J connectivity index is 0.00000240. The topological polar surface area (TPSA) is 93.6 Å². The Kier molecular flexibility index (Phi) is 6.40. The Morgan fingerprint density at radius 2 is 1.72 bits per heavy atom. The molecular weight excluding hydrogens is 456 g/mol. The molecule has 0 saturated carbocycles. The molecule has 4 rings (SSSR count). The zero-order valence-electron chi connectivity index (χ0n) is 15.8. The second-order valence-corrected chi connectivity index (χ2v) is 8.96. The predicted octanol–water partition coefficient (Wildman–Crippen LogP) is 2.93. The Labute approximate surface area is 181 Å². The molecule has 1 saturated heterocycles. The number of sulfonamides is 1. The van der Waals surface area contributed by atoms with Crippen LogP contribution in [0.4, 0.5) is 0 Å². The summed E-state index contributed by atoms with van der Waals surface area (Å²) in [5, 5.41) is 9.70. The molecule has 0 aromatic heterocycles. The maximum Gasteiger partial charge on any atom is 0.269 e. The molecule has 9 heteroatoms. The third-order valence-corrected chi connectivity index (χ3v) is 7.05. The molecule has 0 bridgehead atoms. The number of hydrogen-bond acceptors (Lipinski definition) is 4. The van der Waals surface area contributed by atoms with Crippen LogP contribution in [0.3, 0.4) is 0 Å². The summed E-state index contributed by atoms with van der Waals surface area (Å²) >= 11 is 0. The zero-order valence-corrected chi connectivity index (χ0v) is 18.3. The molecule has 0 unspecified atom stereocenters. The molecule has 7 nitrogen and oxygen atoms in total. The summed E-state index contributed by atoms with van der Waals surface area (Å²) in [5.74, 6) is -0.214. The normalized spacial score (nSPS) is 16.8. The lowest BCUT2D eigenvalue weighted by atomic mass is 10.1. The molecular formula is C20H23BrN4O3S. The number of carbonyl (C=O) groups is 1. The molecule has 2 aromatic rings. The monoisotopic (exact) mass is 478 g/mol. The van der Waals surface area contributed by atoms with Gasteiger partial charge in [-0.3, -0.25) is 20.6 Å². The number of halogens is 1. The number of nitrogens with one attached hydrogen (secondary N) is 2. The minimum atomic E-state index is -3.60. The van der Waals surface area contributed by atoms with E-state index in [0.717, 1.165) is 30.4 Å². The minimum absolute atomic E-state index is 0. The van der Waals surface area contributed by atoms with Crippen molar-refractivity contribution in [1.29, 1.82) is 5.41 Å². The van der Waals surface area contributed by atoms with Crippen molar-refractivity contribution in [3.05, 3.63) is 65.2 Å². The molecule has 0 aliphatic carbocycles. The van der Waals surface area contributed by atoms with Crippen LogP contribution in [0.25, 0.3) is 0 Å². The predicted molar refractivity (Wildman–Crippen MR) is 116 cm³/mol.